The summed E-state index contributed by atoms with van der Waals surface area (Å²) in [5, 5.41) is 18.4. The third-order valence-electron chi connectivity index (χ3n) is 8.60. The lowest BCUT2D eigenvalue weighted by Crippen LogP contribution is -2.43. The second-order valence-corrected chi connectivity index (χ2v) is 11.4. The van der Waals surface area contributed by atoms with Gasteiger partial charge < -0.3 is 30.6 Å². The molecular weight excluding hydrogens is 597 g/mol. The average Bonchev–Trinajstić information content (AvgIpc) is 3.65. The molecule has 0 unspecified atom stereocenters. The second-order valence-electron chi connectivity index (χ2n) is 11.4. The molecule has 2 saturated carbocycles. The minimum absolute atomic E-state index is 0. The molecule has 43 heavy (non-hydrogen) atoms. The van der Waals surface area contributed by atoms with Crippen molar-refractivity contribution in [3.05, 3.63) is 40.7 Å². The highest BCUT2D eigenvalue weighted by Gasteiger charge is 2.28. The van der Waals surface area contributed by atoms with Crippen LogP contribution in [0.4, 0.5) is 22.2 Å². The van der Waals surface area contributed by atoms with Crippen molar-refractivity contribution in [1.29, 1.82) is 0 Å². The van der Waals surface area contributed by atoms with E-state index in [1.807, 2.05) is 6.33 Å². The molecule has 0 bridgehead atoms. The molecular formula is C28H39Cl2N9O4. The summed E-state index contributed by atoms with van der Waals surface area (Å²) in [5.41, 5.74) is 7.48. The van der Waals surface area contributed by atoms with Crippen molar-refractivity contribution in [3.8, 4) is 5.75 Å². The number of imidazole rings is 1. The molecule has 1 saturated heterocycles. The molecule has 0 radical (unpaired) electrons. The highest BCUT2D eigenvalue weighted by atomic mass is 35.5. The van der Waals surface area contributed by atoms with E-state index >= 15 is 0 Å². The number of nitro benzene ring substituents is 1. The molecule has 2 aliphatic carbocycles. The quantitative estimate of drug-likeness (QED) is 0.224. The Hall–Kier alpha value is -3.42. The molecule has 15 heteroatoms. The number of halogens is 2. The lowest BCUT2D eigenvalue weighted by atomic mass is 9.92. The van der Waals surface area contributed by atoms with Gasteiger partial charge in [-0.15, -0.1) is 24.8 Å². The summed E-state index contributed by atoms with van der Waals surface area (Å²) in [4.78, 5) is 39.6. The lowest BCUT2D eigenvalue weighted by Gasteiger charge is -2.32. The van der Waals surface area contributed by atoms with Gasteiger partial charge in [0.1, 0.15) is 0 Å². The van der Waals surface area contributed by atoms with Crippen LogP contribution in [0.1, 0.15) is 70.3 Å². The normalized spacial score (nSPS) is 21.1. The Morgan fingerprint density at radius 1 is 0.953 bits per heavy atom. The lowest BCUT2D eigenvalue weighted by molar-refractivity contribution is -0.385. The molecule has 3 fully saturated rings. The molecule has 1 aliphatic heterocycles. The van der Waals surface area contributed by atoms with Gasteiger partial charge in [-0.1, -0.05) is 25.0 Å². The van der Waals surface area contributed by atoms with Crippen LogP contribution in [0.5, 0.6) is 5.75 Å². The van der Waals surface area contributed by atoms with Gasteiger partial charge >= 0.3 is 11.8 Å². The van der Waals surface area contributed by atoms with Crippen LogP contribution in [0, 0.1) is 10.1 Å². The maximum Gasteiger partial charge on any atom is 0.415 e. The fourth-order valence-electron chi connectivity index (χ4n) is 6.23. The van der Waals surface area contributed by atoms with Gasteiger partial charge in [0, 0.05) is 43.3 Å². The van der Waals surface area contributed by atoms with Gasteiger partial charge in [-0.05, 0) is 57.4 Å². The van der Waals surface area contributed by atoms with Crippen LogP contribution < -0.4 is 21.1 Å². The summed E-state index contributed by atoms with van der Waals surface area (Å²) in [6.07, 6.45) is 11.3. The smallest absolute Gasteiger partial charge is 0.403 e. The number of anilines is 2. The van der Waals surface area contributed by atoms with E-state index in [1.165, 1.54) is 25.0 Å². The predicted octanol–water partition coefficient (Wildman–Crippen LogP) is 5.45. The number of para-hydroxylation sites is 2. The van der Waals surface area contributed by atoms with E-state index < -0.39 is 11.0 Å². The van der Waals surface area contributed by atoms with Crippen molar-refractivity contribution >= 4 is 59.5 Å². The number of carbonyl (C=O) groups is 1. The van der Waals surface area contributed by atoms with Crippen molar-refractivity contribution in [3.63, 3.8) is 0 Å². The molecule has 234 valence electrons. The molecule has 6 rings (SSSR count). The van der Waals surface area contributed by atoms with E-state index in [-0.39, 0.29) is 54.4 Å². The highest BCUT2D eigenvalue weighted by Crippen LogP contribution is 2.34. The van der Waals surface area contributed by atoms with E-state index in [0.717, 1.165) is 49.7 Å². The number of aromatic nitrogens is 4. The summed E-state index contributed by atoms with van der Waals surface area (Å²) < 4.78 is 7.59. The van der Waals surface area contributed by atoms with Crippen LogP contribution in [0.15, 0.2) is 30.6 Å². The first-order valence-electron chi connectivity index (χ1n) is 14.7. The molecule has 13 nitrogen and oxygen atoms in total. The fourth-order valence-corrected chi connectivity index (χ4v) is 6.23. The minimum atomic E-state index is -0.587. The number of carbonyl (C=O) groups excluding carboxylic acids is 1. The number of nitrogens with zero attached hydrogens (tertiary/aromatic N) is 6. The highest BCUT2D eigenvalue weighted by molar-refractivity contribution is 5.86. The van der Waals surface area contributed by atoms with Gasteiger partial charge in [0.05, 0.1) is 11.3 Å². The minimum Gasteiger partial charge on any atom is -0.403 e. The Balaban J connectivity index is 0.00000212. The van der Waals surface area contributed by atoms with E-state index in [2.05, 4.69) is 15.2 Å². The molecule has 0 spiro atoms. The van der Waals surface area contributed by atoms with Gasteiger partial charge in [-0.25, -0.2) is 9.78 Å². The van der Waals surface area contributed by atoms with Crippen LogP contribution in [0.3, 0.4) is 0 Å². The zero-order valence-corrected chi connectivity index (χ0v) is 25.5. The van der Waals surface area contributed by atoms with E-state index in [1.54, 1.807) is 17.0 Å². The predicted molar refractivity (Wildman–Crippen MR) is 169 cm³/mol. The number of hydrogen-bond acceptors (Lipinski definition) is 10. The first kappa shape index (κ1) is 32.5. The molecule has 1 amide bonds. The van der Waals surface area contributed by atoms with Crippen molar-refractivity contribution < 1.29 is 14.5 Å². The van der Waals surface area contributed by atoms with E-state index in [9.17, 15) is 14.9 Å². The Morgan fingerprint density at radius 2 is 1.63 bits per heavy atom. The number of ether oxygens (including phenoxy) is 1. The zero-order valence-electron chi connectivity index (χ0n) is 23.9. The van der Waals surface area contributed by atoms with E-state index in [4.69, 9.17) is 25.4 Å². The number of nitro groups is 1. The van der Waals surface area contributed by atoms with Gasteiger partial charge in [0.15, 0.2) is 17.0 Å². The number of amides is 1. The number of fused-ring (bicyclic) bond motifs is 1. The number of likely N-dealkylation sites (tertiary alicyclic amines) is 1. The Labute approximate surface area is 262 Å². The van der Waals surface area contributed by atoms with Crippen LogP contribution in [-0.2, 0) is 0 Å². The van der Waals surface area contributed by atoms with Crippen molar-refractivity contribution in [2.24, 2.45) is 5.73 Å². The van der Waals surface area contributed by atoms with Gasteiger partial charge in [0.25, 0.3) is 0 Å². The molecule has 1 aromatic carbocycles. The van der Waals surface area contributed by atoms with Crippen LogP contribution in [-0.4, -0.2) is 66.7 Å². The topological polar surface area (TPSA) is 166 Å². The molecule has 4 N–H and O–H groups in total. The third kappa shape index (κ3) is 7.39. The summed E-state index contributed by atoms with van der Waals surface area (Å²) in [6.45, 7) is 0.907. The standard InChI is InChI=1S/C28H37N9O4.2ClH/c29-18-9-11-19(12-10-18)32-27-33-25(24-26(34-27)36(17-30-24)21-5-1-2-6-21)31-20-13-15-35(16-14-20)28(38)41-23-8-4-3-7-22(23)37(39)40;;/h3-4,7-8,17-21H,1-2,5-6,9-16,29H2,(H2,31,32,33,34);2*1H. The SMILES string of the molecule is Cl.Cl.NC1CCC(Nc2nc(NC3CCN(C(=O)Oc4ccccc4[N+](=O)[O-])CC3)c3ncn(C4CCCC4)c3n2)CC1. The van der Waals surface area contributed by atoms with Gasteiger partial charge in [-0.3, -0.25) is 10.1 Å². The number of benzene rings is 1. The Kier molecular flexibility index (Phi) is 10.9. The largest absolute Gasteiger partial charge is 0.415 e. The van der Waals surface area contributed by atoms with Crippen LogP contribution in [0.2, 0.25) is 0 Å². The Bertz CT molecular complexity index is 1400. The number of nitrogens with two attached hydrogens (primary N) is 1. The molecule has 3 aromatic rings. The molecule has 0 atom stereocenters. The molecule has 2 aromatic heterocycles. The summed E-state index contributed by atoms with van der Waals surface area (Å²) >= 11 is 0. The summed E-state index contributed by atoms with van der Waals surface area (Å²) in [6, 6.07) is 6.93. The van der Waals surface area contributed by atoms with Crippen molar-refractivity contribution in [2.45, 2.75) is 88.4 Å². The van der Waals surface area contributed by atoms with Crippen molar-refractivity contribution in [2.75, 3.05) is 23.7 Å². The van der Waals surface area contributed by atoms with Crippen molar-refractivity contribution in [1.82, 2.24) is 24.4 Å². The zero-order chi connectivity index (χ0) is 28.3. The van der Waals surface area contributed by atoms with E-state index in [0.29, 0.717) is 43.7 Å². The molecule has 3 heterocycles. The monoisotopic (exact) mass is 635 g/mol. The molecule has 3 aliphatic rings. The number of piperidine rings is 1. The third-order valence-corrected chi connectivity index (χ3v) is 8.60. The van der Waals surface area contributed by atoms with Crippen LogP contribution >= 0.6 is 24.8 Å². The first-order valence-corrected chi connectivity index (χ1v) is 14.7. The summed E-state index contributed by atoms with van der Waals surface area (Å²) in [7, 11) is 0. The number of rotatable bonds is 7. The fraction of sp³-hybridized carbons (Fsp3) is 0.571. The van der Waals surface area contributed by atoms with Crippen LogP contribution in [0.25, 0.3) is 11.2 Å². The number of hydrogen-bond donors (Lipinski definition) is 3. The Morgan fingerprint density at radius 3 is 2.33 bits per heavy atom. The number of nitrogens with one attached hydrogen (secondary N) is 2. The maximum absolute atomic E-state index is 12.8. The summed E-state index contributed by atoms with van der Waals surface area (Å²) in [5.74, 6) is 1.25. The average molecular weight is 637 g/mol. The maximum atomic E-state index is 12.8. The van der Waals surface area contributed by atoms with Gasteiger partial charge in [0.2, 0.25) is 11.7 Å². The van der Waals surface area contributed by atoms with Gasteiger partial charge in [-0.2, -0.15) is 9.97 Å². The first-order chi connectivity index (χ1) is 19.9. The second kappa shape index (κ2) is 14.4.